The summed E-state index contributed by atoms with van der Waals surface area (Å²) >= 11 is 0. The van der Waals surface area contributed by atoms with E-state index in [4.69, 9.17) is 14.4 Å². The van der Waals surface area contributed by atoms with Crippen LogP contribution in [-0.4, -0.2) is 36.8 Å². The Kier molecular flexibility index (Phi) is 26100. The van der Waals surface area contributed by atoms with Crippen LogP contribution in [0, 0.1) is 0 Å². The third kappa shape index (κ3) is 1620. The number of hydrogen-bond acceptors (Lipinski definition) is 3. The van der Waals surface area contributed by atoms with E-state index >= 15 is 0 Å². The van der Waals surface area contributed by atoms with Crippen molar-refractivity contribution in [3.05, 3.63) is 0 Å². The van der Waals surface area contributed by atoms with Gasteiger partial charge in [-0.2, -0.15) is 0 Å². The zero-order chi connectivity index (χ0) is 6.00. The van der Waals surface area contributed by atoms with Crippen LogP contribution in [0.2, 0.25) is 0 Å². The van der Waals surface area contributed by atoms with Crippen LogP contribution >= 0.6 is 0 Å². The number of hydrogen-bond donors (Lipinski definition) is 0. The molecule has 0 aromatic carbocycles. The standard InChI is InChI=1S/3CHO.3H2O.Re/c3*1-2;;;;/h3*1H;3*1H2;/q3*-1;;;;/i;;;;;;1+2. The van der Waals surface area contributed by atoms with Gasteiger partial charge < -0.3 is 30.8 Å². The molecule has 0 aliphatic rings. The molecule has 0 fully saturated rings. The summed E-state index contributed by atoms with van der Waals surface area (Å²) in [5, 5.41) is 0. The second-order valence-electron chi connectivity index (χ2n) is 0. The first-order chi connectivity index (χ1) is 3.00. The van der Waals surface area contributed by atoms with Crippen LogP contribution in [0.4, 0.5) is 0 Å². The van der Waals surface area contributed by atoms with Crippen molar-refractivity contribution in [2.24, 2.45) is 0 Å². The minimum Gasteiger partial charge on any atom is -0.545 e. The normalized spacial score (nSPS) is 1.20. The molecule has 6 nitrogen and oxygen atoms in total. The van der Waals surface area contributed by atoms with Crippen molar-refractivity contribution >= 4 is 20.4 Å². The van der Waals surface area contributed by atoms with Gasteiger partial charge in [0.05, 0.1) is 0 Å². The smallest absolute Gasteiger partial charge is 0 e. The maximum absolute atomic E-state index is 7.75. The summed E-state index contributed by atoms with van der Waals surface area (Å²) in [5.41, 5.74) is 0. The first kappa shape index (κ1) is 107. The van der Waals surface area contributed by atoms with Gasteiger partial charge in [0.25, 0.3) is 0 Å². The third-order valence-corrected chi connectivity index (χ3v) is 0. The van der Waals surface area contributed by atoms with Crippen molar-refractivity contribution in [1.29, 1.82) is 0 Å². The van der Waals surface area contributed by atoms with Crippen molar-refractivity contribution < 1.29 is 51.2 Å². The minimum atomic E-state index is 0. The van der Waals surface area contributed by atoms with E-state index < -0.39 is 0 Å². The fourth-order valence-electron chi connectivity index (χ4n) is 0. The molecule has 0 spiro atoms. The number of rotatable bonds is 0. The first-order valence-corrected chi connectivity index (χ1v) is 0.707. The predicted octanol–water partition coefficient (Wildman–Crippen LogP) is -3.30. The van der Waals surface area contributed by atoms with Gasteiger partial charge in [-0.25, -0.2) is 0 Å². The zero-order valence-electron chi connectivity index (χ0n) is 4.83. The Balaban J connectivity index is -0.00000000225. The van der Waals surface area contributed by atoms with Gasteiger partial charge in [-0.15, -0.1) is 0 Å². The fourth-order valence-corrected chi connectivity index (χ4v) is 0. The van der Waals surface area contributed by atoms with Crippen LogP contribution in [0.3, 0.4) is 0 Å². The molecule has 0 saturated carbocycles. The quantitative estimate of drug-likeness (QED) is 0.339. The molecule has 0 bridgehead atoms. The summed E-state index contributed by atoms with van der Waals surface area (Å²) in [4.78, 5) is 23.2. The molecule has 1 radical (unpaired) electrons. The SMILES string of the molecule is O.O.O.[188Re].[CH-]=O.[CH-]=O.[CH-]=O. The molecular formula is C3H9O6Re-3. The predicted molar refractivity (Wildman–Crippen MR) is 31.1 cm³/mol. The second-order valence-corrected chi connectivity index (χ2v) is 0. The van der Waals surface area contributed by atoms with Gasteiger partial charge >= 0.3 is 0 Å². The minimum absolute atomic E-state index is 0. The molecule has 0 aliphatic carbocycles. The monoisotopic (exact) mass is 329 g/mol. The van der Waals surface area contributed by atoms with E-state index in [9.17, 15) is 0 Å². The van der Waals surface area contributed by atoms with Crippen LogP contribution in [0.5, 0.6) is 0 Å². The van der Waals surface area contributed by atoms with Crippen molar-refractivity contribution in [2.75, 3.05) is 0 Å². The van der Waals surface area contributed by atoms with Crippen molar-refractivity contribution in [3.63, 3.8) is 0 Å². The van der Waals surface area contributed by atoms with Gasteiger partial charge in [0.15, 0.2) is 0 Å². The molecule has 6 N–H and O–H groups in total. The summed E-state index contributed by atoms with van der Waals surface area (Å²) in [6, 6.07) is 0. The average molecular weight is 329 g/mol. The average Bonchev–Trinajstić information content (AvgIpc) is 1.81. The summed E-state index contributed by atoms with van der Waals surface area (Å²) in [6.07, 6.45) is 0. The molecule has 0 rings (SSSR count). The topological polar surface area (TPSA) is 146 Å². The fraction of sp³-hybridized carbons (Fsp3) is 0. The zero-order valence-corrected chi connectivity index (χ0v) is 7.55. The molecular weight excluding hydrogens is 320 g/mol. The third-order valence-electron chi connectivity index (χ3n) is 0. The summed E-state index contributed by atoms with van der Waals surface area (Å²) in [6.45, 7) is 9.75. The summed E-state index contributed by atoms with van der Waals surface area (Å²) in [7, 11) is 0. The molecule has 0 saturated heterocycles. The van der Waals surface area contributed by atoms with Crippen molar-refractivity contribution in [3.8, 4) is 0 Å². The van der Waals surface area contributed by atoms with Gasteiger partial charge in [0.1, 0.15) is 0 Å². The van der Waals surface area contributed by atoms with E-state index in [0.29, 0.717) is 0 Å². The molecule has 10 heavy (non-hydrogen) atoms. The molecule has 0 unspecified atom stereocenters. The Morgan fingerprint density at radius 1 is 0.500 bits per heavy atom. The van der Waals surface area contributed by atoms with E-state index in [2.05, 4.69) is 20.4 Å². The Hall–Kier alpha value is -0.448. The van der Waals surface area contributed by atoms with Crippen LogP contribution in [-0.2, 0) is 34.8 Å². The Morgan fingerprint density at radius 3 is 0.500 bits per heavy atom. The molecule has 0 atom stereocenters. The maximum Gasteiger partial charge on any atom is 0 e. The Bertz CT molecular complexity index is 17.7. The molecule has 67 valence electrons. The largest absolute Gasteiger partial charge is 0.545 e. The van der Waals surface area contributed by atoms with Crippen molar-refractivity contribution in [1.82, 2.24) is 0 Å². The molecule has 0 heterocycles. The van der Waals surface area contributed by atoms with Crippen LogP contribution < -0.4 is 0 Å². The van der Waals surface area contributed by atoms with E-state index in [1.807, 2.05) is 0 Å². The second kappa shape index (κ2) is 2430. The Labute approximate surface area is 72.2 Å². The molecule has 0 aromatic heterocycles. The van der Waals surface area contributed by atoms with E-state index in [1.165, 1.54) is 0 Å². The van der Waals surface area contributed by atoms with Gasteiger partial charge in [-0.3, -0.25) is 20.4 Å². The molecule has 0 aromatic rings. The van der Waals surface area contributed by atoms with Crippen molar-refractivity contribution in [2.45, 2.75) is 0 Å². The Morgan fingerprint density at radius 2 is 0.500 bits per heavy atom. The van der Waals surface area contributed by atoms with Crippen LogP contribution in [0.15, 0.2) is 0 Å². The van der Waals surface area contributed by atoms with Gasteiger partial charge in [-0.1, -0.05) is 0 Å². The van der Waals surface area contributed by atoms with Gasteiger partial charge in [0.2, 0.25) is 0 Å². The van der Waals surface area contributed by atoms with Gasteiger partial charge in [-0.05, 0) is 0 Å². The molecule has 0 aliphatic heterocycles. The van der Waals surface area contributed by atoms with E-state index in [0.717, 1.165) is 0 Å². The summed E-state index contributed by atoms with van der Waals surface area (Å²) in [5.74, 6) is 0. The van der Waals surface area contributed by atoms with Gasteiger partial charge in [0, 0.05) is 20.4 Å². The number of carbonyl (C=O) groups excluding carboxylic acids is 3. The summed E-state index contributed by atoms with van der Waals surface area (Å²) < 4.78 is 0. The van der Waals surface area contributed by atoms with Crippen LogP contribution in [0.1, 0.15) is 0 Å². The maximum atomic E-state index is 7.75. The van der Waals surface area contributed by atoms with Crippen LogP contribution in [0.25, 0.3) is 0 Å². The van der Waals surface area contributed by atoms with E-state index in [1.54, 1.807) is 0 Å². The van der Waals surface area contributed by atoms with E-state index in [-0.39, 0.29) is 36.9 Å². The molecule has 0 amide bonds. The molecule has 7 heteroatoms. The first-order valence-electron chi connectivity index (χ1n) is 0.707.